The average Bonchev–Trinajstić information content (AvgIpc) is 3.39. The van der Waals surface area contributed by atoms with Crippen LogP contribution in [0.4, 0.5) is 0 Å². The standard InChI is InChI=1S/C52H89N5O9S8/c1-5-20-57-38-44-14-12-43(13-15-44)37-53-66-24-9-28-68-30-11-32-70-34-17-50(63)56(4)22-7-26-71-39-45(58)47(60)41-73-35-18-51(64)54(2)21-6-25-67-29-10-31-69-33-16-49(62)55(3)23-8-27-72-40-46(59)48(61)42-74-36-19-52(57)65/h5,12-15,37,45-48,58-61H,1,6-11,16-36,38-42H2,2-4H3/b53-37-. The zero-order chi connectivity index (χ0) is 54.0. The number of rotatable bonds is 2. The highest BCUT2D eigenvalue weighted by Crippen LogP contribution is 2.18. The molecule has 0 saturated carbocycles. The van der Waals surface area contributed by atoms with E-state index in [4.69, 9.17) is 4.84 Å². The van der Waals surface area contributed by atoms with Gasteiger partial charge in [-0.15, -0.1) is 6.58 Å². The number of carbonyl (C=O) groups is 4. The van der Waals surface area contributed by atoms with E-state index in [1.807, 2.05) is 80.7 Å². The van der Waals surface area contributed by atoms with Crippen molar-refractivity contribution in [1.82, 2.24) is 19.6 Å². The second kappa shape index (κ2) is 45.8. The molecule has 2 bridgehead atoms. The first-order valence-electron chi connectivity index (χ1n) is 26.0. The van der Waals surface area contributed by atoms with Gasteiger partial charge in [0.2, 0.25) is 23.6 Å². The van der Waals surface area contributed by atoms with E-state index in [0.29, 0.717) is 99.5 Å². The highest BCUT2D eigenvalue weighted by atomic mass is 32.2. The quantitative estimate of drug-likeness (QED) is 0.219. The summed E-state index contributed by atoms with van der Waals surface area (Å²) >= 11 is 13.5. The zero-order valence-corrected chi connectivity index (χ0v) is 51.0. The van der Waals surface area contributed by atoms with Crippen LogP contribution in [0.2, 0.25) is 0 Å². The predicted octanol–water partition coefficient (Wildman–Crippen LogP) is 7.15. The molecule has 0 spiro atoms. The van der Waals surface area contributed by atoms with Gasteiger partial charge in [-0.05, 0) is 95.7 Å². The third kappa shape index (κ3) is 35.5. The van der Waals surface area contributed by atoms with Crippen molar-refractivity contribution in [2.45, 2.75) is 95.2 Å². The van der Waals surface area contributed by atoms with Gasteiger partial charge in [0, 0.05) is 126 Å². The molecule has 74 heavy (non-hydrogen) atoms. The van der Waals surface area contributed by atoms with Gasteiger partial charge in [0.05, 0.1) is 30.6 Å². The van der Waals surface area contributed by atoms with Crippen molar-refractivity contribution >= 4 is 124 Å². The number of nitrogens with zero attached hydrogens (tertiary/aromatic N) is 5. The fourth-order valence-electron chi connectivity index (χ4n) is 6.87. The summed E-state index contributed by atoms with van der Waals surface area (Å²) in [6.45, 7) is 7.26. The van der Waals surface area contributed by atoms with E-state index in [1.54, 1.807) is 67.2 Å². The Morgan fingerprint density at radius 3 is 1.30 bits per heavy atom. The van der Waals surface area contributed by atoms with Gasteiger partial charge in [0.25, 0.3) is 0 Å². The number of amides is 4. The molecule has 3 rings (SSSR count). The molecule has 14 nitrogen and oxygen atoms in total. The van der Waals surface area contributed by atoms with Crippen LogP contribution in [-0.4, -0.2) is 240 Å². The molecule has 0 saturated heterocycles. The van der Waals surface area contributed by atoms with Crippen LogP contribution in [0.3, 0.4) is 0 Å². The molecule has 2 heterocycles. The highest BCUT2D eigenvalue weighted by Gasteiger charge is 2.20. The smallest absolute Gasteiger partial charge is 0.223 e. The van der Waals surface area contributed by atoms with Crippen LogP contribution in [0.1, 0.15) is 75.3 Å². The number of carbonyl (C=O) groups excluding carboxylic acids is 4. The summed E-state index contributed by atoms with van der Waals surface area (Å²) in [5, 5.41) is 46.2. The lowest BCUT2D eigenvalue weighted by atomic mass is 10.1. The first kappa shape index (κ1) is 69.1. The van der Waals surface area contributed by atoms with Crippen LogP contribution in [-0.2, 0) is 30.6 Å². The van der Waals surface area contributed by atoms with Crippen LogP contribution in [0.5, 0.6) is 0 Å². The van der Waals surface area contributed by atoms with Crippen molar-refractivity contribution < 1.29 is 44.4 Å². The van der Waals surface area contributed by atoms with E-state index in [0.717, 1.165) is 107 Å². The van der Waals surface area contributed by atoms with Crippen LogP contribution >= 0.6 is 94.1 Å². The lowest BCUT2D eigenvalue weighted by Crippen LogP contribution is -2.32. The van der Waals surface area contributed by atoms with Crippen molar-refractivity contribution in [2.24, 2.45) is 5.16 Å². The largest absolute Gasteiger partial charge is 0.396 e. The number of aliphatic hydroxyl groups is 4. The molecule has 0 fully saturated rings. The summed E-state index contributed by atoms with van der Waals surface area (Å²) in [7, 11) is 5.52. The van der Waals surface area contributed by atoms with Crippen LogP contribution in [0, 0.1) is 0 Å². The molecule has 1 aromatic rings. The van der Waals surface area contributed by atoms with E-state index in [-0.39, 0.29) is 23.6 Å². The normalized spacial score (nSPS) is 25.1. The van der Waals surface area contributed by atoms with E-state index < -0.39 is 24.4 Å². The van der Waals surface area contributed by atoms with Crippen LogP contribution in [0.25, 0.3) is 0 Å². The SMILES string of the molecule is C=CCN1Cc2ccc(cc2)/C=N\OCCCSCCCSCCC(=O)N(C)CCCSCC(O)C(O)CSCCC(=O)N(C)CCCSCCCSCCC(=O)N(C)CCCSCC(O)C(O)CSCCC1=O. The topological polar surface area (TPSA) is 184 Å². The molecule has 2 aliphatic heterocycles. The van der Waals surface area contributed by atoms with Crippen LogP contribution < -0.4 is 0 Å². The highest BCUT2D eigenvalue weighted by molar-refractivity contribution is 8.01. The number of oxime groups is 1. The van der Waals surface area contributed by atoms with Gasteiger partial charge in [-0.1, -0.05) is 35.5 Å². The van der Waals surface area contributed by atoms with Crippen molar-refractivity contribution in [3.05, 3.63) is 48.0 Å². The fourth-order valence-corrected chi connectivity index (χ4v) is 14.6. The molecule has 22 heteroatoms. The number of benzene rings is 1. The van der Waals surface area contributed by atoms with Crippen molar-refractivity contribution in [1.29, 1.82) is 0 Å². The minimum absolute atomic E-state index is 0.000644. The Hall–Kier alpha value is -1.05. The summed E-state index contributed by atoms with van der Waals surface area (Å²) in [6.07, 6.45) is 7.30. The maximum Gasteiger partial charge on any atom is 0.223 e. The minimum atomic E-state index is -0.891. The Morgan fingerprint density at radius 2 is 0.865 bits per heavy atom. The minimum Gasteiger partial charge on any atom is -0.396 e. The third-order valence-corrected chi connectivity index (χ3v) is 20.4. The molecular weight excluding hydrogens is 1100 g/mol. The zero-order valence-electron chi connectivity index (χ0n) is 44.4. The van der Waals surface area contributed by atoms with Crippen molar-refractivity contribution in [3.8, 4) is 0 Å². The summed E-state index contributed by atoms with van der Waals surface area (Å²) in [5.74, 6) is 12.3. The first-order valence-corrected chi connectivity index (χ1v) is 35.2. The van der Waals surface area contributed by atoms with Gasteiger partial charge in [-0.3, -0.25) is 19.2 Å². The molecule has 4 N–H and O–H groups in total. The summed E-state index contributed by atoms with van der Waals surface area (Å²) in [4.78, 5) is 63.7. The molecule has 0 aromatic heterocycles. The lowest BCUT2D eigenvalue weighted by Gasteiger charge is -2.22. The predicted molar refractivity (Wildman–Crippen MR) is 327 cm³/mol. The molecular formula is C52H89N5O9S8. The molecule has 4 atom stereocenters. The summed E-state index contributed by atoms with van der Waals surface area (Å²) in [6, 6.07) is 7.86. The number of thioether (sulfide) groups is 8. The van der Waals surface area contributed by atoms with Crippen LogP contribution in [0.15, 0.2) is 42.1 Å². The average molecular weight is 1180 g/mol. The second-order valence-electron chi connectivity index (χ2n) is 18.0. The molecule has 0 aliphatic carbocycles. The van der Waals surface area contributed by atoms with Gasteiger partial charge in [0.15, 0.2) is 0 Å². The van der Waals surface area contributed by atoms with Gasteiger partial charge < -0.3 is 44.9 Å². The Morgan fingerprint density at radius 1 is 0.514 bits per heavy atom. The van der Waals surface area contributed by atoms with Crippen molar-refractivity contribution in [2.75, 3.05) is 146 Å². The fraction of sp³-hybridized carbons (Fsp3) is 0.750. The van der Waals surface area contributed by atoms with E-state index in [2.05, 4.69) is 11.7 Å². The second-order valence-corrected chi connectivity index (χ2v) is 27.5. The maximum absolute atomic E-state index is 13.1. The number of aliphatic hydroxyl groups excluding tert-OH is 4. The Labute approximate surface area is 478 Å². The van der Waals surface area contributed by atoms with Gasteiger partial charge >= 0.3 is 0 Å². The molecule has 1 aromatic carbocycles. The van der Waals surface area contributed by atoms with E-state index in [1.165, 1.54) is 23.5 Å². The number of hydrogen-bond donors (Lipinski definition) is 4. The summed E-state index contributed by atoms with van der Waals surface area (Å²) < 4.78 is 0. The molecule has 4 amide bonds. The maximum atomic E-state index is 13.1. The third-order valence-electron chi connectivity index (χ3n) is 11.5. The Balaban J connectivity index is 1.77. The van der Waals surface area contributed by atoms with E-state index in [9.17, 15) is 39.6 Å². The summed E-state index contributed by atoms with van der Waals surface area (Å²) in [5.41, 5.74) is 1.89. The van der Waals surface area contributed by atoms with Gasteiger partial charge in [-0.25, -0.2) is 0 Å². The monoisotopic (exact) mass is 1180 g/mol. The van der Waals surface area contributed by atoms with E-state index >= 15 is 0 Å². The Kier molecular flexibility index (Phi) is 42.7. The van der Waals surface area contributed by atoms with Gasteiger partial charge in [-0.2, -0.15) is 94.1 Å². The lowest BCUT2D eigenvalue weighted by molar-refractivity contribution is -0.131. The molecule has 0 radical (unpaired) electrons. The molecule has 2 aliphatic rings. The number of hydrogen-bond acceptors (Lipinski definition) is 18. The molecule has 424 valence electrons. The first-order chi connectivity index (χ1) is 35.8. The molecule has 4 unspecified atom stereocenters. The Bertz CT molecular complexity index is 1680. The van der Waals surface area contributed by atoms with Gasteiger partial charge in [0.1, 0.15) is 6.61 Å². The van der Waals surface area contributed by atoms with Crippen molar-refractivity contribution in [3.63, 3.8) is 0 Å². The number of fused-ring (bicyclic) bond motifs is 54.